The SMILES string of the molecule is CCCCCCCCCCCCCCCCCCCCCCCCC(=O)OCC(COC(=O)CCCCCCCCCCCCCCCCCCC)OC(=O)CCCCCCCCCCCCCCCCCCC. The molecule has 74 heavy (non-hydrogen) atoms. The molecule has 6 heteroatoms. The number of unbranched alkanes of at least 4 members (excludes halogenated alkanes) is 53. The number of esters is 3. The molecule has 0 aromatic heterocycles. The summed E-state index contributed by atoms with van der Waals surface area (Å²) in [6.45, 7) is 6.74. The van der Waals surface area contributed by atoms with Gasteiger partial charge in [-0.15, -0.1) is 0 Å². The molecule has 0 saturated heterocycles. The van der Waals surface area contributed by atoms with Crippen LogP contribution in [0.25, 0.3) is 0 Å². The van der Waals surface area contributed by atoms with Crippen LogP contribution in [0, 0.1) is 0 Å². The predicted octanol–water partition coefficient (Wildman–Crippen LogP) is 23.1. The van der Waals surface area contributed by atoms with Crippen LogP contribution in [0.3, 0.4) is 0 Å². The largest absolute Gasteiger partial charge is 0.462 e. The van der Waals surface area contributed by atoms with Crippen molar-refractivity contribution in [1.82, 2.24) is 0 Å². The van der Waals surface area contributed by atoms with E-state index in [1.165, 1.54) is 302 Å². The molecule has 1 atom stereocenters. The molecule has 0 aromatic rings. The molecular weight excluding hydrogens is 913 g/mol. The molecule has 0 N–H and O–H groups in total. The van der Waals surface area contributed by atoms with Crippen molar-refractivity contribution in [3.63, 3.8) is 0 Å². The van der Waals surface area contributed by atoms with Gasteiger partial charge in [0.25, 0.3) is 0 Å². The summed E-state index contributed by atoms with van der Waals surface area (Å²) in [6.07, 6.45) is 74.0. The van der Waals surface area contributed by atoms with Gasteiger partial charge in [0, 0.05) is 19.3 Å². The Morgan fingerprint density at radius 3 is 0.541 bits per heavy atom. The normalized spacial score (nSPS) is 11.9. The first kappa shape index (κ1) is 72.4. The molecule has 1 unspecified atom stereocenters. The second kappa shape index (κ2) is 63.9. The third kappa shape index (κ3) is 61.3. The lowest BCUT2D eigenvalue weighted by Gasteiger charge is -2.18. The van der Waals surface area contributed by atoms with Crippen LogP contribution < -0.4 is 0 Å². The number of hydrogen-bond acceptors (Lipinski definition) is 6. The third-order valence-corrected chi connectivity index (χ3v) is 15.9. The monoisotopic (exact) mass is 1050 g/mol. The highest BCUT2D eigenvalue weighted by atomic mass is 16.6. The Balaban J connectivity index is 4.25. The fourth-order valence-electron chi connectivity index (χ4n) is 10.7. The van der Waals surface area contributed by atoms with Gasteiger partial charge in [0.1, 0.15) is 13.2 Å². The number of carbonyl (C=O) groups is 3. The number of hydrogen-bond donors (Lipinski definition) is 0. The summed E-state index contributed by atoms with van der Waals surface area (Å²) in [5, 5.41) is 0. The van der Waals surface area contributed by atoms with E-state index in [9.17, 15) is 14.4 Å². The number of ether oxygens (including phenoxy) is 3. The minimum absolute atomic E-state index is 0.0602. The summed E-state index contributed by atoms with van der Waals surface area (Å²) >= 11 is 0. The molecule has 0 aliphatic rings. The highest BCUT2D eigenvalue weighted by molar-refractivity contribution is 5.71. The molecule has 0 spiro atoms. The van der Waals surface area contributed by atoms with Crippen molar-refractivity contribution in [2.45, 2.75) is 406 Å². The van der Waals surface area contributed by atoms with Gasteiger partial charge in [-0.25, -0.2) is 0 Å². The first-order valence-electron chi connectivity index (χ1n) is 34.0. The zero-order valence-electron chi connectivity index (χ0n) is 50.7. The van der Waals surface area contributed by atoms with Gasteiger partial charge in [0.05, 0.1) is 0 Å². The summed E-state index contributed by atoms with van der Waals surface area (Å²) in [7, 11) is 0. The van der Waals surface area contributed by atoms with E-state index in [2.05, 4.69) is 20.8 Å². The van der Waals surface area contributed by atoms with Crippen molar-refractivity contribution in [3.8, 4) is 0 Å². The standard InChI is InChI=1S/C68H132O6/c1-4-7-10-13-16-19-22-25-28-31-32-33-34-35-38-40-43-46-49-52-55-58-61-67(70)73-64-65(74-68(71)62-59-56-53-50-47-44-41-37-30-27-24-21-18-15-12-9-6-3)63-72-66(69)60-57-54-51-48-45-42-39-36-29-26-23-20-17-14-11-8-5-2/h65H,4-64H2,1-3H3. The van der Waals surface area contributed by atoms with E-state index in [1.807, 2.05) is 0 Å². The Morgan fingerprint density at radius 2 is 0.365 bits per heavy atom. The molecule has 0 saturated carbocycles. The molecule has 0 aliphatic carbocycles. The van der Waals surface area contributed by atoms with Crippen LogP contribution in [-0.2, 0) is 28.6 Å². The fourth-order valence-corrected chi connectivity index (χ4v) is 10.7. The van der Waals surface area contributed by atoms with Crippen molar-refractivity contribution in [1.29, 1.82) is 0 Å². The van der Waals surface area contributed by atoms with E-state index >= 15 is 0 Å². The molecule has 0 bridgehead atoms. The summed E-state index contributed by atoms with van der Waals surface area (Å²) in [5.41, 5.74) is 0. The number of rotatable bonds is 64. The van der Waals surface area contributed by atoms with E-state index in [4.69, 9.17) is 14.2 Å². The lowest BCUT2D eigenvalue weighted by Crippen LogP contribution is -2.30. The van der Waals surface area contributed by atoms with E-state index in [-0.39, 0.29) is 31.1 Å². The van der Waals surface area contributed by atoms with Crippen LogP contribution in [0.5, 0.6) is 0 Å². The maximum Gasteiger partial charge on any atom is 0.306 e. The van der Waals surface area contributed by atoms with Gasteiger partial charge in [-0.2, -0.15) is 0 Å². The fraction of sp³-hybridized carbons (Fsp3) is 0.956. The summed E-state index contributed by atoms with van der Waals surface area (Å²) < 4.78 is 17.0. The number of carbonyl (C=O) groups excluding carboxylic acids is 3. The molecule has 0 heterocycles. The molecule has 0 rings (SSSR count). The van der Waals surface area contributed by atoms with E-state index in [0.29, 0.717) is 19.3 Å². The average molecular weight is 1050 g/mol. The Bertz CT molecular complexity index is 1110. The van der Waals surface area contributed by atoms with Gasteiger partial charge >= 0.3 is 17.9 Å². The van der Waals surface area contributed by atoms with Gasteiger partial charge < -0.3 is 14.2 Å². The van der Waals surface area contributed by atoms with Crippen molar-refractivity contribution >= 4 is 17.9 Å². The van der Waals surface area contributed by atoms with Crippen LogP contribution in [0.2, 0.25) is 0 Å². The van der Waals surface area contributed by atoms with Crippen molar-refractivity contribution in [2.24, 2.45) is 0 Å². The Hall–Kier alpha value is -1.59. The highest BCUT2D eigenvalue weighted by Gasteiger charge is 2.19. The first-order valence-corrected chi connectivity index (χ1v) is 34.0. The average Bonchev–Trinajstić information content (AvgIpc) is 3.40. The minimum atomic E-state index is -0.763. The lowest BCUT2D eigenvalue weighted by molar-refractivity contribution is -0.167. The van der Waals surface area contributed by atoms with Crippen LogP contribution in [0.1, 0.15) is 400 Å². The van der Waals surface area contributed by atoms with Crippen LogP contribution in [0.15, 0.2) is 0 Å². The van der Waals surface area contributed by atoms with Gasteiger partial charge in [-0.1, -0.05) is 361 Å². The van der Waals surface area contributed by atoms with Crippen molar-refractivity contribution < 1.29 is 28.6 Å². The van der Waals surface area contributed by atoms with Gasteiger partial charge in [0.15, 0.2) is 6.10 Å². The van der Waals surface area contributed by atoms with Crippen LogP contribution >= 0.6 is 0 Å². The van der Waals surface area contributed by atoms with Gasteiger partial charge in [-0.3, -0.25) is 14.4 Å². The summed E-state index contributed by atoms with van der Waals surface area (Å²) in [6, 6.07) is 0. The highest BCUT2D eigenvalue weighted by Crippen LogP contribution is 2.19. The molecular formula is C68H132O6. The maximum absolute atomic E-state index is 12.9. The van der Waals surface area contributed by atoms with Gasteiger partial charge in [0.2, 0.25) is 0 Å². The molecule has 6 nitrogen and oxygen atoms in total. The van der Waals surface area contributed by atoms with Crippen LogP contribution in [0.4, 0.5) is 0 Å². The van der Waals surface area contributed by atoms with Crippen molar-refractivity contribution in [2.75, 3.05) is 13.2 Å². The first-order chi connectivity index (χ1) is 36.5. The second-order valence-electron chi connectivity index (χ2n) is 23.5. The third-order valence-electron chi connectivity index (χ3n) is 15.9. The molecule has 0 amide bonds. The van der Waals surface area contributed by atoms with Crippen molar-refractivity contribution in [3.05, 3.63) is 0 Å². The van der Waals surface area contributed by atoms with Crippen LogP contribution in [-0.4, -0.2) is 37.2 Å². The maximum atomic E-state index is 12.9. The molecule has 0 aromatic carbocycles. The molecule has 0 fully saturated rings. The molecule has 0 radical (unpaired) electrons. The topological polar surface area (TPSA) is 78.9 Å². The lowest BCUT2D eigenvalue weighted by atomic mass is 10.0. The molecule has 440 valence electrons. The quantitative estimate of drug-likeness (QED) is 0.0343. The Labute approximate surface area is 463 Å². The zero-order valence-corrected chi connectivity index (χ0v) is 50.7. The summed E-state index contributed by atoms with van der Waals surface area (Å²) in [4.78, 5) is 38.4. The second-order valence-corrected chi connectivity index (χ2v) is 23.5. The van der Waals surface area contributed by atoms with E-state index < -0.39 is 6.10 Å². The van der Waals surface area contributed by atoms with E-state index in [1.54, 1.807) is 0 Å². The van der Waals surface area contributed by atoms with Gasteiger partial charge in [-0.05, 0) is 19.3 Å². The Kier molecular flexibility index (Phi) is 62.6. The summed E-state index contributed by atoms with van der Waals surface area (Å²) in [5.74, 6) is -0.820. The predicted molar refractivity (Wildman–Crippen MR) is 321 cm³/mol. The molecule has 0 aliphatic heterocycles. The van der Waals surface area contributed by atoms with E-state index in [0.717, 1.165) is 57.8 Å². The minimum Gasteiger partial charge on any atom is -0.462 e. The zero-order chi connectivity index (χ0) is 53.6. The smallest absolute Gasteiger partial charge is 0.306 e. The Morgan fingerprint density at radius 1 is 0.216 bits per heavy atom.